The molecule has 6 heteroatoms. The first-order valence-electron chi connectivity index (χ1n) is 9.39. The molecule has 1 aromatic heterocycles. The Morgan fingerprint density at radius 1 is 0.889 bits per heavy atom. The molecule has 1 aliphatic rings. The molecule has 0 atom stereocenters. The summed E-state index contributed by atoms with van der Waals surface area (Å²) in [5, 5.41) is 4.46. The van der Waals surface area contributed by atoms with Gasteiger partial charge in [-0.25, -0.2) is 9.37 Å². The molecular weight excluding hydrogens is 341 g/mol. The maximum atomic E-state index is 14.1. The van der Waals surface area contributed by atoms with Crippen LogP contribution in [0.15, 0.2) is 48.5 Å². The summed E-state index contributed by atoms with van der Waals surface area (Å²) in [6, 6.07) is 15.3. The smallest absolute Gasteiger partial charge is 0.228 e. The van der Waals surface area contributed by atoms with Crippen molar-refractivity contribution in [1.82, 2.24) is 9.97 Å². The van der Waals surface area contributed by atoms with Crippen LogP contribution in [0.5, 0.6) is 0 Å². The SMILES string of the molecule is CC(C)Nc1nc(N2CCN(c3ccccc3F)CC2)nc2ccccc12. The van der Waals surface area contributed by atoms with Gasteiger partial charge in [-0.1, -0.05) is 24.3 Å². The number of piperazine rings is 1. The fourth-order valence-corrected chi connectivity index (χ4v) is 3.44. The van der Waals surface area contributed by atoms with Crippen molar-refractivity contribution in [1.29, 1.82) is 0 Å². The first-order valence-corrected chi connectivity index (χ1v) is 9.39. The van der Waals surface area contributed by atoms with Gasteiger partial charge in [-0.15, -0.1) is 0 Å². The van der Waals surface area contributed by atoms with E-state index in [-0.39, 0.29) is 11.9 Å². The predicted molar refractivity (Wildman–Crippen MR) is 109 cm³/mol. The van der Waals surface area contributed by atoms with Gasteiger partial charge in [0, 0.05) is 37.6 Å². The lowest BCUT2D eigenvalue weighted by Crippen LogP contribution is -2.47. The second-order valence-electron chi connectivity index (χ2n) is 7.11. The molecule has 1 saturated heterocycles. The van der Waals surface area contributed by atoms with E-state index in [0.29, 0.717) is 5.69 Å². The molecule has 140 valence electrons. The number of nitrogens with zero attached hydrogens (tertiary/aromatic N) is 4. The number of anilines is 3. The molecule has 0 amide bonds. The van der Waals surface area contributed by atoms with Gasteiger partial charge in [-0.05, 0) is 38.1 Å². The van der Waals surface area contributed by atoms with E-state index in [9.17, 15) is 4.39 Å². The van der Waals surface area contributed by atoms with E-state index in [4.69, 9.17) is 9.97 Å². The van der Waals surface area contributed by atoms with Crippen LogP contribution in [0.25, 0.3) is 10.9 Å². The van der Waals surface area contributed by atoms with Crippen LogP contribution in [0.1, 0.15) is 13.8 Å². The number of nitrogens with one attached hydrogen (secondary N) is 1. The summed E-state index contributed by atoms with van der Waals surface area (Å²) in [6.45, 7) is 7.20. The van der Waals surface area contributed by atoms with E-state index >= 15 is 0 Å². The van der Waals surface area contributed by atoms with Gasteiger partial charge in [0.1, 0.15) is 11.6 Å². The maximum Gasteiger partial charge on any atom is 0.228 e. The second-order valence-corrected chi connectivity index (χ2v) is 7.11. The topological polar surface area (TPSA) is 44.3 Å². The van der Waals surface area contributed by atoms with Gasteiger partial charge in [-0.2, -0.15) is 4.98 Å². The minimum Gasteiger partial charge on any atom is -0.367 e. The molecule has 27 heavy (non-hydrogen) atoms. The van der Waals surface area contributed by atoms with Crippen molar-refractivity contribution in [3.63, 3.8) is 0 Å². The predicted octanol–water partition coefficient (Wildman–Crippen LogP) is 3.92. The van der Waals surface area contributed by atoms with Crippen LogP contribution in [0, 0.1) is 5.82 Å². The van der Waals surface area contributed by atoms with Crippen LogP contribution in [0.4, 0.5) is 21.8 Å². The van der Waals surface area contributed by atoms with E-state index < -0.39 is 0 Å². The van der Waals surface area contributed by atoms with Gasteiger partial charge in [0.05, 0.1) is 11.2 Å². The normalized spacial score (nSPS) is 14.8. The van der Waals surface area contributed by atoms with E-state index in [1.54, 1.807) is 6.07 Å². The average molecular weight is 365 g/mol. The lowest BCUT2D eigenvalue weighted by Gasteiger charge is -2.36. The fourth-order valence-electron chi connectivity index (χ4n) is 3.44. The van der Waals surface area contributed by atoms with Crippen LogP contribution in [-0.4, -0.2) is 42.2 Å². The van der Waals surface area contributed by atoms with Crippen LogP contribution in [0.3, 0.4) is 0 Å². The molecule has 2 heterocycles. The highest BCUT2D eigenvalue weighted by molar-refractivity contribution is 5.90. The molecule has 2 aromatic carbocycles. The van der Waals surface area contributed by atoms with Crippen LogP contribution in [-0.2, 0) is 0 Å². The Hall–Kier alpha value is -2.89. The molecule has 1 aliphatic heterocycles. The number of hydrogen-bond acceptors (Lipinski definition) is 5. The summed E-state index contributed by atoms with van der Waals surface area (Å²) < 4.78 is 14.1. The van der Waals surface area contributed by atoms with Crippen LogP contribution >= 0.6 is 0 Å². The standard InChI is InChI=1S/C21H24FN5/c1-15(2)23-20-16-7-3-5-9-18(16)24-21(25-20)27-13-11-26(12-14-27)19-10-6-4-8-17(19)22/h3-10,15H,11-14H2,1-2H3,(H,23,24,25). The summed E-state index contributed by atoms with van der Waals surface area (Å²) in [4.78, 5) is 13.8. The summed E-state index contributed by atoms with van der Waals surface area (Å²) in [5.74, 6) is 1.42. The molecule has 0 aliphatic carbocycles. The third kappa shape index (κ3) is 3.65. The summed E-state index contributed by atoms with van der Waals surface area (Å²) in [7, 11) is 0. The molecule has 3 aromatic rings. The Bertz CT molecular complexity index is 935. The number of rotatable bonds is 4. The van der Waals surface area contributed by atoms with E-state index in [1.165, 1.54) is 6.07 Å². The molecule has 0 radical (unpaired) electrons. The van der Waals surface area contributed by atoms with E-state index in [0.717, 1.165) is 48.8 Å². The monoisotopic (exact) mass is 365 g/mol. The molecule has 5 nitrogen and oxygen atoms in total. The first kappa shape index (κ1) is 17.5. The molecule has 0 unspecified atom stereocenters. The number of benzene rings is 2. The number of fused-ring (bicyclic) bond motifs is 1. The first-order chi connectivity index (χ1) is 13.1. The molecular formula is C21H24FN5. The van der Waals surface area contributed by atoms with Crippen LogP contribution < -0.4 is 15.1 Å². The van der Waals surface area contributed by atoms with Gasteiger partial charge in [0.15, 0.2) is 0 Å². The van der Waals surface area contributed by atoms with Gasteiger partial charge in [-0.3, -0.25) is 0 Å². The third-order valence-corrected chi connectivity index (χ3v) is 4.77. The Morgan fingerprint density at radius 2 is 1.56 bits per heavy atom. The zero-order chi connectivity index (χ0) is 18.8. The zero-order valence-electron chi connectivity index (χ0n) is 15.7. The summed E-state index contributed by atoms with van der Waals surface area (Å²) >= 11 is 0. The zero-order valence-corrected chi connectivity index (χ0v) is 15.7. The molecule has 0 bridgehead atoms. The lowest BCUT2D eigenvalue weighted by atomic mass is 10.2. The number of aromatic nitrogens is 2. The Balaban J connectivity index is 1.58. The second kappa shape index (κ2) is 7.39. The Kier molecular flexibility index (Phi) is 4.79. The molecule has 4 rings (SSSR count). The quantitative estimate of drug-likeness (QED) is 0.759. The summed E-state index contributed by atoms with van der Waals surface area (Å²) in [5.41, 5.74) is 1.60. The van der Waals surface area contributed by atoms with Crippen molar-refractivity contribution in [2.24, 2.45) is 0 Å². The highest BCUT2D eigenvalue weighted by Gasteiger charge is 2.22. The van der Waals surface area contributed by atoms with Gasteiger partial charge in [0.2, 0.25) is 5.95 Å². The minimum absolute atomic E-state index is 0.170. The molecule has 0 spiro atoms. The van der Waals surface area contributed by atoms with E-state index in [2.05, 4.69) is 29.0 Å². The Morgan fingerprint density at radius 3 is 2.30 bits per heavy atom. The minimum atomic E-state index is -0.170. The molecule has 1 fully saturated rings. The van der Waals surface area contributed by atoms with E-state index in [1.807, 2.05) is 36.4 Å². The highest BCUT2D eigenvalue weighted by atomic mass is 19.1. The van der Waals surface area contributed by atoms with Crippen molar-refractivity contribution < 1.29 is 4.39 Å². The van der Waals surface area contributed by atoms with Crippen molar-refractivity contribution in [3.05, 3.63) is 54.3 Å². The summed E-state index contributed by atoms with van der Waals surface area (Å²) in [6.07, 6.45) is 0. The number of hydrogen-bond donors (Lipinski definition) is 1. The molecule has 1 N–H and O–H groups in total. The fraction of sp³-hybridized carbons (Fsp3) is 0.333. The Labute approximate surface area is 158 Å². The molecule has 0 saturated carbocycles. The van der Waals surface area contributed by atoms with Crippen molar-refractivity contribution in [2.45, 2.75) is 19.9 Å². The van der Waals surface area contributed by atoms with Crippen molar-refractivity contribution >= 4 is 28.4 Å². The van der Waals surface area contributed by atoms with Gasteiger partial charge in [0.25, 0.3) is 0 Å². The highest BCUT2D eigenvalue weighted by Crippen LogP contribution is 2.26. The largest absolute Gasteiger partial charge is 0.367 e. The van der Waals surface area contributed by atoms with Crippen molar-refractivity contribution in [2.75, 3.05) is 41.3 Å². The average Bonchev–Trinajstić information content (AvgIpc) is 2.68. The van der Waals surface area contributed by atoms with Gasteiger partial charge < -0.3 is 15.1 Å². The maximum absolute atomic E-state index is 14.1. The van der Waals surface area contributed by atoms with Crippen molar-refractivity contribution in [3.8, 4) is 0 Å². The number of halogens is 1. The third-order valence-electron chi connectivity index (χ3n) is 4.77. The number of para-hydroxylation sites is 2. The van der Waals surface area contributed by atoms with Crippen LogP contribution in [0.2, 0.25) is 0 Å². The van der Waals surface area contributed by atoms with Gasteiger partial charge >= 0.3 is 0 Å². The lowest BCUT2D eigenvalue weighted by molar-refractivity contribution is 0.594.